The van der Waals surface area contributed by atoms with Gasteiger partial charge in [0, 0.05) is 18.1 Å². The first-order valence-corrected chi connectivity index (χ1v) is 7.29. The Balaban J connectivity index is 1.98. The second-order valence-electron chi connectivity index (χ2n) is 4.91. The second kappa shape index (κ2) is 5.00. The number of fused-ring (bicyclic) bond motifs is 1. The maximum atomic E-state index is 13.8. The Hall–Kier alpha value is -1.58. The number of amides is 3. The Morgan fingerprint density at radius 2 is 1.95 bits per heavy atom. The van der Waals surface area contributed by atoms with Crippen LogP contribution in [0.4, 0.5) is 8.78 Å². The Bertz CT molecular complexity index is 692. The Labute approximate surface area is 131 Å². The van der Waals surface area contributed by atoms with E-state index in [0.29, 0.717) is 0 Å². The quantitative estimate of drug-likeness (QED) is 0.435. The molecule has 1 aromatic carbocycles. The zero-order valence-corrected chi connectivity index (χ0v) is 12.7. The molecule has 0 radical (unpaired) electrons. The van der Waals surface area contributed by atoms with Crippen LogP contribution < -0.4 is 5.32 Å². The van der Waals surface area contributed by atoms with E-state index in [1.165, 1.54) is 4.90 Å². The van der Waals surface area contributed by atoms with Crippen molar-refractivity contribution >= 4 is 40.3 Å². The molecule has 8 heteroatoms. The van der Waals surface area contributed by atoms with Crippen molar-refractivity contribution in [3.8, 4) is 0 Å². The normalized spacial score (nSPS) is 21.6. The van der Waals surface area contributed by atoms with Gasteiger partial charge in [0.05, 0.1) is 15.7 Å². The van der Waals surface area contributed by atoms with E-state index in [0.717, 1.165) is 6.07 Å². The van der Waals surface area contributed by atoms with Crippen LogP contribution in [-0.2, 0) is 16.1 Å². The molecule has 0 spiro atoms. The molecule has 1 aromatic rings. The van der Waals surface area contributed by atoms with Crippen LogP contribution in [0.5, 0.6) is 0 Å². The van der Waals surface area contributed by atoms with E-state index < -0.39 is 35.4 Å². The number of imide groups is 1. The minimum absolute atomic E-state index is 0.0298. The number of piperidine rings is 1. The average molecular weight is 406 g/mol. The summed E-state index contributed by atoms with van der Waals surface area (Å²) in [7, 11) is 0. The van der Waals surface area contributed by atoms with Crippen LogP contribution >= 0.6 is 22.6 Å². The highest BCUT2D eigenvalue weighted by Crippen LogP contribution is 2.33. The lowest BCUT2D eigenvalue weighted by Gasteiger charge is -2.29. The standard InChI is InChI=1S/C13H9F2IN2O3/c14-6-3-7(15)11(16)10-5(6)4-18(13(10)21)8-1-2-9(19)17-12(8)20/h3,8H,1-2,4H2,(H,17,19,20)/t8-/m0/s1. The third-order valence-corrected chi connectivity index (χ3v) is 4.72. The zero-order chi connectivity index (χ0) is 15.3. The summed E-state index contributed by atoms with van der Waals surface area (Å²) < 4.78 is 27.4. The number of carbonyl (C=O) groups excluding carboxylic acids is 3. The monoisotopic (exact) mass is 406 g/mol. The smallest absolute Gasteiger partial charge is 0.256 e. The first kappa shape index (κ1) is 14.4. The highest BCUT2D eigenvalue weighted by Gasteiger charge is 2.41. The predicted octanol–water partition coefficient (Wildman–Crippen LogP) is 1.33. The van der Waals surface area contributed by atoms with Gasteiger partial charge in [0.25, 0.3) is 5.91 Å². The van der Waals surface area contributed by atoms with E-state index in [1.807, 2.05) is 0 Å². The van der Waals surface area contributed by atoms with E-state index >= 15 is 0 Å². The molecule has 1 fully saturated rings. The summed E-state index contributed by atoms with van der Waals surface area (Å²) >= 11 is 1.65. The Kier molecular flexibility index (Phi) is 3.42. The van der Waals surface area contributed by atoms with Gasteiger partial charge >= 0.3 is 0 Å². The van der Waals surface area contributed by atoms with Gasteiger partial charge in [-0.25, -0.2) is 8.78 Å². The van der Waals surface area contributed by atoms with Gasteiger partial charge in [-0.05, 0) is 29.0 Å². The number of nitrogens with one attached hydrogen (secondary N) is 1. The van der Waals surface area contributed by atoms with E-state index in [2.05, 4.69) is 5.32 Å². The van der Waals surface area contributed by atoms with E-state index in [1.54, 1.807) is 22.6 Å². The molecule has 0 saturated carbocycles. The van der Waals surface area contributed by atoms with E-state index in [-0.39, 0.29) is 34.1 Å². The number of hydrogen-bond acceptors (Lipinski definition) is 3. The molecule has 2 aliphatic heterocycles. The van der Waals surface area contributed by atoms with Gasteiger partial charge < -0.3 is 4.90 Å². The summed E-state index contributed by atoms with van der Waals surface area (Å²) in [4.78, 5) is 36.5. The summed E-state index contributed by atoms with van der Waals surface area (Å²) in [5, 5.41) is 2.15. The van der Waals surface area contributed by atoms with Crippen LogP contribution in [0.3, 0.4) is 0 Å². The summed E-state index contributed by atoms with van der Waals surface area (Å²) in [5.41, 5.74) is 0.0632. The molecular formula is C13H9F2IN2O3. The fourth-order valence-electron chi connectivity index (χ4n) is 2.63. The van der Waals surface area contributed by atoms with Gasteiger partial charge in [0.1, 0.15) is 17.7 Å². The molecule has 110 valence electrons. The summed E-state index contributed by atoms with van der Waals surface area (Å²) in [6, 6.07) is -0.0946. The third-order valence-electron chi connectivity index (χ3n) is 3.66. The van der Waals surface area contributed by atoms with Crippen molar-refractivity contribution in [2.24, 2.45) is 0 Å². The molecule has 2 aliphatic rings. The van der Waals surface area contributed by atoms with Crippen molar-refractivity contribution in [2.75, 3.05) is 0 Å². The molecular weight excluding hydrogens is 397 g/mol. The number of nitrogens with zero attached hydrogens (tertiary/aromatic N) is 1. The summed E-state index contributed by atoms with van der Waals surface area (Å²) in [5.74, 6) is -3.16. The molecule has 0 bridgehead atoms. The van der Waals surface area contributed by atoms with Crippen LogP contribution in [0.2, 0.25) is 0 Å². The van der Waals surface area contributed by atoms with Gasteiger partial charge in [0.2, 0.25) is 11.8 Å². The maximum Gasteiger partial charge on any atom is 0.256 e. The SMILES string of the molecule is O=C1CC[C@H](N2Cc3c(F)cc(F)c(I)c3C2=O)C(=O)N1. The fourth-order valence-corrected chi connectivity index (χ4v) is 3.34. The maximum absolute atomic E-state index is 13.8. The highest BCUT2D eigenvalue weighted by molar-refractivity contribution is 14.1. The molecule has 3 amide bonds. The van der Waals surface area contributed by atoms with Crippen LogP contribution in [0, 0.1) is 15.2 Å². The molecule has 0 unspecified atom stereocenters. The highest BCUT2D eigenvalue weighted by atomic mass is 127. The van der Waals surface area contributed by atoms with Gasteiger partial charge in [-0.1, -0.05) is 0 Å². The van der Waals surface area contributed by atoms with Gasteiger partial charge in [0.15, 0.2) is 0 Å². The lowest BCUT2D eigenvalue weighted by molar-refractivity contribution is -0.136. The Morgan fingerprint density at radius 3 is 2.62 bits per heavy atom. The van der Waals surface area contributed by atoms with Crippen molar-refractivity contribution in [1.82, 2.24) is 10.2 Å². The molecule has 2 heterocycles. The fraction of sp³-hybridized carbons (Fsp3) is 0.308. The number of halogens is 3. The van der Waals surface area contributed by atoms with Crippen molar-refractivity contribution in [2.45, 2.75) is 25.4 Å². The zero-order valence-electron chi connectivity index (χ0n) is 10.6. The molecule has 1 N–H and O–H groups in total. The summed E-state index contributed by atoms with van der Waals surface area (Å²) in [6.07, 6.45) is 0.301. The first-order chi connectivity index (χ1) is 9.90. The van der Waals surface area contributed by atoms with Crippen LogP contribution in [0.1, 0.15) is 28.8 Å². The van der Waals surface area contributed by atoms with Gasteiger partial charge in [-0.15, -0.1) is 0 Å². The lowest BCUT2D eigenvalue weighted by atomic mass is 10.0. The molecule has 5 nitrogen and oxygen atoms in total. The minimum atomic E-state index is -0.833. The van der Waals surface area contributed by atoms with Gasteiger partial charge in [-0.3, -0.25) is 19.7 Å². The van der Waals surface area contributed by atoms with Crippen LogP contribution in [0.15, 0.2) is 6.07 Å². The minimum Gasteiger partial charge on any atom is -0.322 e. The predicted molar refractivity (Wildman–Crippen MR) is 75.1 cm³/mol. The molecule has 0 aliphatic carbocycles. The van der Waals surface area contributed by atoms with Crippen molar-refractivity contribution in [3.05, 3.63) is 32.4 Å². The Morgan fingerprint density at radius 1 is 1.24 bits per heavy atom. The third kappa shape index (κ3) is 2.21. The number of carbonyl (C=O) groups is 3. The lowest BCUT2D eigenvalue weighted by Crippen LogP contribution is -2.52. The van der Waals surface area contributed by atoms with Crippen molar-refractivity contribution < 1.29 is 23.2 Å². The van der Waals surface area contributed by atoms with Crippen LogP contribution in [-0.4, -0.2) is 28.7 Å². The van der Waals surface area contributed by atoms with Crippen molar-refractivity contribution in [1.29, 1.82) is 0 Å². The topological polar surface area (TPSA) is 66.5 Å². The van der Waals surface area contributed by atoms with Gasteiger partial charge in [-0.2, -0.15) is 0 Å². The number of benzene rings is 1. The second-order valence-corrected chi connectivity index (χ2v) is 5.99. The van der Waals surface area contributed by atoms with Crippen LogP contribution in [0.25, 0.3) is 0 Å². The molecule has 1 atom stereocenters. The van der Waals surface area contributed by atoms with E-state index in [9.17, 15) is 23.2 Å². The summed E-state index contributed by atoms with van der Waals surface area (Å²) in [6.45, 7) is -0.0947. The largest absolute Gasteiger partial charge is 0.322 e. The first-order valence-electron chi connectivity index (χ1n) is 6.21. The van der Waals surface area contributed by atoms with Crippen molar-refractivity contribution in [3.63, 3.8) is 0 Å². The number of hydrogen-bond donors (Lipinski definition) is 1. The average Bonchev–Trinajstić information content (AvgIpc) is 2.75. The molecule has 1 saturated heterocycles. The molecule has 0 aromatic heterocycles. The number of rotatable bonds is 1. The van der Waals surface area contributed by atoms with E-state index in [4.69, 9.17) is 0 Å². The molecule has 21 heavy (non-hydrogen) atoms. The molecule has 3 rings (SSSR count).